The van der Waals surface area contributed by atoms with Crippen LogP contribution in [0, 0.1) is 0 Å². The van der Waals surface area contributed by atoms with E-state index in [0.29, 0.717) is 5.75 Å². The van der Waals surface area contributed by atoms with Gasteiger partial charge in [-0.2, -0.15) is 8.42 Å². The van der Waals surface area contributed by atoms with Crippen LogP contribution < -0.4 is 4.18 Å². The summed E-state index contributed by atoms with van der Waals surface area (Å²) in [6, 6.07) is 7.05. The highest BCUT2D eigenvalue weighted by Crippen LogP contribution is 2.14. The molecule has 0 heterocycles. The molecule has 0 bridgehead atoms. The van der Waals surface area contributed by atoms with Gasteiger partial charge in [-0.3, -0.25) is 0 Å². The SMILES string of the molecule is CCc1cccc(OS(C)(=O)=O)c1. The van der Waals surface area contributed by atoms with Gasteiger partial charge in [0.2, 0.25) is 0 Å². The first-order valence-electron chi connectivity index (χ1n) is 3.99. The van der Waals surface area contributed by atoms with Crippen LogP contribution >= 0.6 is 0 Å². The lowest BCUT2D eigenvalue weighted by molar-refractivity contribution is 0.492. The van der Waals surface area contributed by atoms with Crippen LogP contribution in [0.5, 0.6) is 5.75 Å². The van der Waals surface area contributed by atoms with Crippen molar-refractivity contribution in [2.75, 3.05) is 6.26 Å². The van der Waals surface area contributed by atoms with E-state index in [-0.39, 0.29) is 0 Å². The Kier molecular flexibility index (Phi) is 2.93. The molecule has 0 saturated heterocycles. The average molecular weight is 200 g/mol. The van der Waals surface area contributed by atoms with E-state index in [1.165, 1.54) is 0 Å². The average Bonchev–Trinajstić information content (AvgIpc) is 2.01. The third-order valence-electron chi connectivity index (χ3n) is 1.55. The van der Waals surface area contributed by atoms with Crippen LogP contribution in [0.2, 0.25) is 0 Å². The summed E-state index contributed by atoms with van der Waals surface area (Å²) in [4.78, 5) is 0. The molecule has 3 nitrogen and oxygen atoms in total. The minimum absolute atomic E-state index is 0.377. The Balaban J connectivity index is 2.90. The molecule has 0 aliphatic carbocycles. The molecule has 0 N–H and O–H groups in total. The number of hydrogen-bond donors (Lipinski definition) is 0. The Hall–Kier alpha value is -1.03. The molecule has 0 aromatic heterocycles. The van der Waals surface area contributed by atoms with E-state index >= 15 is 0 Å². The van der Waals surface area contributed by atoms with Crippen LogP contribution in [0.4, 0.5) is 0 Å². The van der Waals surface area contributed by atoms with Gasteiger partial charge in [-0.05, 0) is 24.1 Å². The molecule has 0 aliphatic rings. The van der Waals surface area contributed by atoms with Crippen LogP contribution in [0.25, 0.3) is 0 Å². The fourth-order valence-electron chi connectivity index (χ4n) is 0.992. The van der Waals surface area contributed by atoms with Gasteiger partial charge in [0.25, 0.3) is 0 Å². The van der Waals surface area contributed by atoms with E-state index in [0.717, 1.165) is 18.2 Å². The Morgan fingerprint density at radius 2 is 2.08 bits per heavy atom. The monoisotopic (exact) mass is 200 g/mol. The standard InChI is InChI=1S/C9H12O3S/c1-3-8-5-4-6-9(7-8)12-13(2,10)11/h4-7H,3H2,1-2H3. The van der Waals surface area contributed by atoms with Crippen LogP contribution in [0.1, 0.15) is 12.5 Å². The quantitative estimate of drug-likeness (QED) is 0.696. The maximum Gasteiger partial charge on any atom is 0.306 e. The van der Waals surface area contributed by atoms with Gasteiger partial charge in [-0.1, -0.05) is 19.1 Å². The molecule has 0 saturated carbocycles. The maximum absolute atomic E-state index is 10.8. The highest BCUT2D eigenvalue weighted by atomic mass is 32.2. The lowest BCUT2D eigenvalue weighted by Crippen LogP contribution is -2.05. The summed E-state index contributed by atoms with van der Waals surface area (Å²) in [7, 11) is -3.40. The Morgan fingerprint density at radius 3 is 2.62 bits per heavy atom. The number of aryl methyl sites for hydroxylation is 1. The molecule has 0 fully saturated rings. The normalized spacial score (nSPS) is 11.2. The minimum atomic E-state index is -3.40. The van der Waals surface area contributed by atoms with Gasteiger partial charge in [0.05, 0.1) is 6.26 Å². The number of hydrogen-bond acceptors (Lipinski definition) is 3. The van der Waals surface area contributed by atoms with Crippen LogP contribution in [0.3, 0.4) is 0 Å². The van der Waals surface area contributed by atoms with Gasteiger partial charge in [-0.15, -0.1) is 0 Å². The second kappa shape index (κ2) is 3.79. The van der Waals surface area contributed by atoms with Crippen molar-refractivity contribution in [2.45, 2.75) is 13.3 Å². The molecular weight excluding hydrogens is 188 g/mol. The van der Waals surface area contributed by atoms with Crippen molar-refractivity contribution in [1.82, 2.24) is 0 Å². The zero-order valence-electron chi connectivity index (χ0n) is 7.65. The summed E-state index contributed by atoms with van der Waals surface area (Å²) in [5.74, 6) is 0.377. The third kappa shape index (κ3) is 3.46. The van der Waals surface area contributed by atoms with E-state index in [4.69, 9.17) is 4.18 Å². The van der Waals surface area contributed by atoms with Crippen LogP contribution in [0.15, 0.2) is 24.3 Å². The smallest absolute Gasteiger partial charge is 0.306 e. The molecule has 1 rings (SSSR count). The van der Waals surface area contributed by atoms with Crippen molar-refractivity contribution in [3.8, 4) is 5.75 Å². The molecular formula is C9H12O3S. The summed E-state index contributed by atoms with van der Waals surface area (Å²) in [6.07, 6.45) is 1.90. The lowest BCUT2D eigenvalue weighted by atomic mass is 10.2. The maximum atomic E-state index is 10.8. The van der Waals surface area contributed by atoms with E-state index < -0.39 is 10.1 Å². The van der Waals surface area contributed by atoms with Crippen LogP contribution in [-0.4, -0.2) is 14.7 Å². The summed E-state index contributed by atoms with van der Waals surface area (Å²) >= 11 is 0. The zero-order valence-corrected chi connectivity index (χ0v) is 8.47. The van der Waals surface area contributed by atoms with Gasteiger partial charge >= 0.3 is 10.1 Å². The van der Waals surface area contributed by atoms with Crippen molar-refractivity contribution >= 4 is 10.1 Å². The van der Waals surface area contributed by atoms with E-state index in [2.05, 4.69) is 0 Å². The molecule has 0 aliphatic heterocycles. The van der Waals surface area contributed by atoms with Crippen molar-refractivity contribution in [1.29, 1.82) is 0 Å². The van der Waals surface area contributed by atoms with Gasteiger partial charge in [0.1, 0.15) is 5.75 Å². The molecule has 1 aromatic carbocycles. The van der Waals surface area contributed by atoms with Crippen molar-refractivity contribution < 1.29 is 12.6 Å². The van der Waals surface area contributed by atoms with Crippen molar-refractivity contribution in [2.24, 2.45) is 0 Å². The Bertz CT molecular complexity index is 382. The number of benzene rings is 1. The van der Waals surface area contributed by atoms with Gasteiger partial charge in [0.15, 0.2) is 0 Å². The second-order valence-corrected chi connectivity index (χ2v) is 4.36. The zero-order chi connectivity index (χ0) is 9.90. The molecule has 1 aromatic rings. The predicted molar refractivity (Wildman–Crippen MR) is 51.3 cm³/mol. The van der Waals surface area contributed by atoms with E-state index in [1.807, 2.05) is 13.0 Å². The predicted octanol–water partition coefficient (Wildman–Crippen LogP) is 1.59. The molecule has 0 unspecified atom stereocenters. The van der Waals surface area contributed by atoms with Crippen molar-refractivity contribution in [3.63, 3.8) is 0 Å². The van der Waals surface area contributed by atoms with Gasteiger partial charge < -0.3 is 4.18 Å². The first kappa shape index (κ1) is 10.1. The Labute approximate surface area is 78.5 Å². The molecule has 0 atom stereocenters. The fourth-order valence-corrected chi connectivity index (χ4v) is 1.45. The summed E-state index contributed by atoms with van der Waals surface area (Å²) in [5.41, 5.74) is 1.06. The minimum Gasteiger partial charge on any atom is -0.383 e. The molecule has 0 radical (unpaired) electrons. The molecule has 13 heavy (non-hydrogen) atoms. The second-order valence-electron chi connectivity index (χ2n) is 2.79. The molecule has 0 spiro atoms. The summed E-state index contributed by atoms with van der Waals surface area (Å²) < 4.78 is 26.3. The molecule has 72 valence electrons. The molecule has 0 amide bonds. The fraction of sp³-hybridized carbons (Fsp3) is 0.333. The first-order chi connectivity index (χ1) is 6.01. The topological polar surface area (TPSA) is 43.4 Å². The Morgan fingerprint density at radius 1 is 1.38 bits per heavy atom. The largest absolute Gasteiger partial charge is 0.383 e. The third-order valence-corrected chi connectivity index (χ3v) is 2.05. The first-order valence-corrected chi connectivity index (χ1v) is 5.81. The summed E-state index contributed by atoms with van der Waals surface area (Å²) in [6.45, 7) is 2.00. The van der Waals surface area contributed by atoms with Crippen LogP contribution in [-0.2, 0) is 16.5 Å². The highest BCUT2D eigenvalue weighted by molar-refractivity contribution is 7.86. The van der Waals surface area contributed by atoms with E-state index in [9.17, 15) is 8.42 Å². The lowest BCUT2D eigenvalue weighted by Gasteiger charge is -2.03. The van der Waals surface area contributed by atoms with E-state index in [1.54, 1.807) is 18.2 Å². The number of rotatable bonds is 3. The summed E-state index contributed by atoms with van der Waals surface area (Å²) in [5, 5.41) is 0. The molecule has 4 heteroatoms. The van der Waals surface area contributed by atoms with Crippen molar-refractivity contribution in [3.05, 3.63) is 29.8 Å². The van der Waals surface area contributed by atoms with Gasteiger partial charge in [-0.25, -0.2) is 0 Å². The van der Waals surface area contributed by atoms with Gasteiger partial charge in [0, 0.05) is 0 Å². The highest BCUT2D eigenvalue weighted by Gasteiger charge is 2.03.